The number of benzene rings is 1. The monoisotopic (exact) mass is 277 g/mol. The lowest BCUT2D eigenvalue weighted by atomic mass is 10.1. The van der Waals surface area contributed by atoms with Gasteiger partial charge in [0.2, 0.25) is 0 Å². The van der Waals surface area contributed by atoms with Gasteiger partial charge in [0.15, 0.2) is 0 Å². The third-order valence-corrected chi connectivity index (χ3v) is 2.82. The summed E-state index contributed by atoms with van der Waals surface area (Å²) in [5.41, 5.74) is 0.442. The third-order valence-electron chi connectivity index (χ3n) is 2.82. The fourth-order valence-corrected chi connectivity index (χ4v) is 1.85. The minimum Gasteiger partial charge on any atom is -0.392 e. The number of hydrogen-bond donors (Lipinski definition) is 1. The summed E-state index contributed by atoms with van der Waals surface area (Å²) in [4.78, 5) is 20.3. The van der Waals surface area contributed by atoms with E-state index in [1.54, 1.807) is 23.0 Å². The van der Waals surface area contributed by atoms with Crippen molar-refractivity contribution in [3.05, 3.63) is 68.0 Å². The molecule has 0 atom stereocenters. The van der Waals surface area contributed by atoms with Gasteiger partial charge >= 0.3 is 0 Å². The van der Waals surface area contributed by atoms with E-state index in [2.05, 4.69) is 0 Å². The number of aromatic nitrogens is 1. The van der Waals surface area contributed by atoms with E-state index in [-0.39, 0.29) is 24.5 Å². The summed E-state index contributed by atoms with van der Waals surface area (Å²) >= 11 is 0. The van der Waals surface area contributed by atoms with Gasteiger partial charge < -0.3 is 9.67 Å². The van der Waals surface area contributed by atoms with Crippen LogP contribution in [0.25, 0.3) is 0 Å². The van der Waals surface area contributed by atoms with Crippen molar-refractivity contribution in [3.8, 4) is 0 Å². The summed E-state index contributed by atoms with van der Waals surface area (Å²) < 4.78 is 1.67. The molecule has 8 nitrogen and oxygen atoms in total. The molecule has 0 radical (unpaired) electrons. The first-order valence-corrected chi connectivity index (χ1v) is 5.68. The molecule has 0 aliphatic heterocycles. The third kappa shape index (κ3) is 2.81. The smallest absolute Gasteiger partial charge is 0.281 e. The summed E-state index contributed by atoms with van der Waals surface area (Å²) in [5.74, 6) is 0. The Bertz CT molecular complexity index is 665. The summed E-state index contributed by atoms with van der Waals surface area (Å²) in [6, 6.07) is 5.25. The molecule has 1 N–H and O–H groups in total. The van der Waals surface area contributed by atoms with Crippen LogP contribution in [0.5, 0.6) is 0 Å². The van der Waals surface area contributed by atoms with Crippen LogP contribution in [-0.4, -0.2) is 19.5 Å². The van der Waals surface area contributed by atoms with E-state index in [1.807, 2.05) is 0 Å². The van der Waals surface area contributed by atoms with E-state index in [1.165, 1.54) is 12.1 Å². The van der Waals surface area contributed by atoms with Crippen molar-refractivity contribution >= 4 is 11.4 Å². The zero-order valence-corrected chi connectivity index (χ0v) is 10.3. The van der Waals surface area contributed by atoms with Crippen molar-refractivity contribution in [2.24, 2.45) is 0 Å². The maximum atomic E-state index is 11.0. The lowest BCUT2D eigenvalue weighted by molar-refractivity contribution is -0.394. The zero-order valence-electron chi connectivity index (χ0n) is 10.3. The standard InChI is InChI=1S/C12H11N3O5/c16-8-9-3-4-13(6-9)7-10-1-2-11(14(17)18)5-12(10)15(19)20/h1-6,16H,7-8H2. The number of non-ortho nitro benzene ring substituents is 1. The molecule has 2 rings (SSSR count). The van der Waals surface area contributed by atoms with Crippen LogP contribution in [-0.2, 0) is 13.2 Å². The molecule has 1 heterocycles. The molecule has 0 bridgehead atoms. The average molecular weight is 277 g/mol. The van der Waals surface area contributed by atoms with E-state index in [0.29, 0.717) is 11.1 Å². The SMILES string of the molecule is O=[N+]([O-])c1ccc(Cn2ccc(CO)c2)c([N+](=O)[O-])c1. The molecule has 1 aromatic heterocycles. The molecule has 0 amide bonds. The number of aliphatic hydroxyl groups is 1. The van der Waals surface area contributed by atoms with Crippen LogP contribution in [0.3, 0.4) is 0 Å². The summed E-state index contributed by atoms with van der Waals surface area (Å²) in [6.45, 7) is 0.0870. The number of nitro groups is 2. The molecule has 0 aliphatic carbocycles. The minimum atomic E-state index is -0.670. The molecule has 0 fully saturated rings. The highest BCUT2D eigenvalue weighted by Gasteiger charge is 2.19. The van der Waals surface area contributed by atoms with Crippen molar-refractivity contribution in [2.45, 2.75) is 13.2 Å². The summed E-state index contributed by atoms with van der Waals surface area (Å²) in [5, 5.41) is 30.6. The molecule has 0 saturated heterocycles. The van der Waals surface area contributed by atoms with Gasteiger partial charge in [-0.1, -0.05) is 0 Å². The average Bonchev–Trinajstić information content (AvgIpc) is 2.86. The Balaban J connectivity index is 2.35. The Morgan fingerprint density at radius 3 is 2.45 bits per heavy atom. The number of rotatable bonds is 5. The molecule has 2 aromatic rings. The normalized spacial score (nSPS) is 10.4. The van der Waals surface area contributed by atoms with Gasteiger partial charge in [0.05, 0.1) is 29.1 Å². The second kappa shape index (κ2) is 5.49. The number of hydrogen-bond acceptors (Lipinski definition) is 5. The van der Waals surface area contributed by atoms with Crippen molar-refractivity contribution in [1.29, 1.82) is 0 Å². The second-order valence-corrected chi connectivity index (χ2v) is 4.18. The lowest BCUT2D eigenvalue weighted by Crippen LogP contribution is -2.02. The van der Waals surface area contributed by atoms with Crippen molar-refractivity contribution in [1.82, 2.24) is 4.57 Å². The molecule has 0 spiro atoms. The van der Waals surface area contributed by atoms with Crippen LogP contribution in [0.2, 0.25) is 0 Å². The molecule has 0 aliphatic rings. The Kier molecular flexibility index (Phi) is 3.76. The molecule has 0 unspecified atom stereocenters. The Hall–Kier alpha value is -2.74. The first-order valence-electron chi connectivity index (χ1n) is 5.68. The van der Waals surface area contributed by atoms with Gasteiger partial charge in [-0.2, -0.15) is 0 Å². The lowest BCUT2D eigenvalue weighted by Gasteiger charge is -2.04. The van der Waals surface area contributed by atoms with Gasteiger partial charge in [-0.15, -0.1) is 0 Å². The molecule has 1 aromatic carbocycles. The van der Waals surface area contributed by atoms with Gasteiger partial charge in [0, 0.05) is 24.0 Å². The van der Waals surface area contributed by atoms with E-state index in [4.69, 9.17) is 5.11 Å². The second-order valence-electron chi connectivity index (χ2n) is 4.18. The highest BCUT2D eigenvalue weighted by atomic mass is 16.6. The van der Waals surface area contributed by atoms with Gasteiger partial charge in [-0.05, 0) is 17.7 Å². The van der Waals surface area contributed by atoms with Crippen LogP contribution in [0.15, 0.2) is 36.7 Å². The zero-order chi connectivity index (χ0) is 14.7. The van der Waals surface area contributed by atoms with E-state index in [9.17, 15) is 20.2 Å². The maximum absolute atomic E-state index is 11.0. The van der Waals surface area contributed by atoms with Crippen molar-refractivity contribution < 1.29 is 15.0 Å². The van der Waals surface area contributed by atoms with Gasteiger partial charge in [0.25, 0.3) is 11.4 Å². The van der Waals surface area contributed by atoms with E-state index >= 15 is 0 Å². The highest BCUT2D eigenvalue weighted by Crippen LogP contribution is 2.25. The highest BCUT2D eigenvalue weighted by molar-refractivity contribution is 5.49. The molecule has 0 saturated carbocycles. The minimum absolute atomic E-state index is 0.116. The van der Waals surface area contributed by atoms with Crippen LogP contribution in [0.4, 0.5) is 11.4 Å². The van der Waals surface area contributed by atoms with E-state index in [0.717, 1.165) is 6.07 Å². The predicted octanol–water partition coefficient (Wildman–Crippen LogP) is 1.85. The van der Waals surface area contributed by atoms with Gasteiger partial charge in [-0.3, -0.25) is 20.2 Å². The fourth-order valence-electron chi connectivity index (χ4n) is 1.85. The van der Waals surface area contributed by atoms with Gasteiger partial charge in [-0.25, -0.2) is 0 Å². The first-order chi connectivity index (χ1) is 9.51. The number of nitro benzene ring substituents is 2. The summed E-state index contributed by atoms with van der Waals surface area (Å²) in [7, 11) is 0. The maximum Gasteiger partial charge on any atom is 0.281 e. The van der Waals surface area contributed by atoms with Crippen LogP contribution >= 0.6 is 0 Å². The Labute approximate surface area is 113 Å². The van der Waals surface area contributed by atoms with Gasteiger partial charge in [0.1, 0.15) is 0 Å². The van der Waals surface area contributed by atoms with Crippen LogP contribution in [0.1, 0.15) is 11.1 Å². The number of nitrogens with zero attached hydrogens (tertiary/aromatic N) is 3. The van der Waals surface area contributed by atoms with Crippen molar-refractivity contribution in [2.75, 3.05) is 0 Å². The van der Waals surface area contributed by atoms with Crippen LogP contribution in [0, 0.1) is 20.2 Å². The molecule has 104 valence electrons. The fraction of sp³-hybridized carbons (Fsp3) is 0.167. The Morgan fingerprint density at radius 2 is 1.90 bits per heavy atom. The van der Waals surface area contributed by atoms with E-state index < -0.39 is 9.85 Å². The molecule has 8 heteroatoms. The largest absolute Gasteiger partial charge is 0.392 e. The molecule has 20 heavy (non-hydrogen) atoms. The molecular formula is C12H11N3O5. The molecular weight excluding hydrogens is 266 g/mol. The predicted molar refractivity (Wildman–Crippen MR) is 69.2 cm³/mol. The van der Waals surface area contributed by atoms with Crippen molar-refractivity contribution in [3.63, 3.8) is 0 Å². The number of aliphatic hydroxyl groups excluding tert-OH is 1. The Morgan fingerprint density at radius 1 is 1.15 bits per heavy atom. The summed E-state index contributed by atoms with van der Waals surface area (Å²) in [6.07, 6.45) is 3.34. The first kappa shape index (κ1) is 13.7. The quantitative estimate of drug-likeness (QED) is 0.662. The topological polar surface area (TPSA) is 111 Å². The van der Waals surface area contributed by atoms with Crippen LogP contribution < -0.4 is 0 Å².